The van der Waals surface area contributed by atoms with Crippen LogP contribution in [0.5, 0.6) is 0 Å². The Morgan fingerprint density at radius 3 is 1.45 bits per heavy atom. The molecular weight excluding hydrogens is 360 g/mol. The Balaban J connectivity index is 2.20. The van der Waals surface area contributed by atoms with Crippen LogP contribution in [0.4, 0.5) is 0 Å². The molecule has 0 fully saturated rings. The largest absolute Gasteiger partial charge is 0.481 e. The molecule has 0 amide bonds. The van der Waals surface area contributed by atoms with E-state index in [1.807, 2.05) is 68.4 Å². The molecule has 0 heterocycles. The summed E-state index contributed by atoms with van der Waals surface area (Å²) in [5.74, 6) is -0.825. The molecule has 0 saturated carbocycles. The van der Waals surface area contributed by atoms with Crippen LogP contribution in [0.2, 0.25) is 0 Å². The van der Waals surface area contributed by atoms with Crippen molar-refractivity contribution in [2.24, 2.45) is 10.2 Å². The summed E-state index contributed by atoms with van der Waals surface area (Å²) in [5.41, 5.74) is 1.62. The first-order valence-corrected chi connectivity index (χ1v) is 9.76. The fraction of sp³-hybridized carbons (Fsp3) is 0.240. The molecule has 0 aliphatic carbocycles. The van der Waals surface area contributed by atoms with E-state index >= 15 is 0 Å². The van der Waals surface area contributed by atoms with Crippen LogP contribution in [0.1, 0.15) is 43.4 Å². The van der Waals surface area contributed by atoms with Gasteiger partial charge in [-0.1, -0.05) is 91.0 Å². The highest BCUT2D eigenvalue weighted by Crippen LogP contribution is 2.41. The van der Waals surface area contributed by atoms with Crippen molar-refractivity contribution in [3.8, 4) is 0 Å². The second-order valence-electron chi connectivity index (χ2n) is 7.71. The van der Waals surface area contributed by atoms with Crippen molar-refractivity contribution in [1.29, 1.82) is 0 Å². The van der Waals surface area contributed by atoms with Gasteiger partial charge in [0.05, 0.1) is 5.54 Å². The van der Waals surface area contributed by atoms with Gasteiger partial charge in [0.25, 0.3) is 0 Å². The Morgan fingerprint density at radius 2 is 1.10 bits per heavy atom. The number of aliphatic carboxylic acids is 1. The van der Waals surface area contributed by atoms with E-state index < -0.39 is 17.0 Å². The Kier molecular flexibility index (Phi) is 6.23. The summed E-state index contributed by atoms with van der Waals surface area (Å²) in [4.78, 5) is 11.0. The van der Waals surface area contributed by atoms with Crippen molar-refractivity contribution >= 4 is 5.97 Å². The van der Waals surface area contributed by atoms with E-state index in [1.54, 1.807) is 0 Å². The number of rotatable bonds is 8. The smallest absolute Gasteiger partial charge is 0.303 e. The summed E-state index contributed by atoms with van der Waals surface area (Å²) in [6.45, 7) is 3.84. The van der Waals surface area contributed by atoms with Gasteiger partial charge in [-0.25, -0.2) is 0 Å². The zero-order valence-corrected chi connectivity index (χ0v) is 16.8. The molecule has 0 bridgehead atoms. The van der Waals surface area contributed by atoms with Crippen molar-refractivity contribution in [3.63, 3.8) is 0 Å². The lowest BCUT2D eigenvalue weighted by Crippen LogP contribution is -2.28. The van der Waals surface area contributed by atoms with E-state index in [0.29, 0.717) is 6.42 Å². The van der Waals surface area contributed by atoms with E-state index in [2.05, 4.69) is 36.4 Å². The fourth-order valence-electron chi connectivity index (χ4n) is 3.38. The number of hydrogen-bond donors (Lipinski definition) is 1. The van der Waals surface area contributed by atoms with Crippen molar-refractivity contribution in [3.05, 3.63) is 108 Å². The van der Waals surface area contributed by atoms with Crippen LogP contribution < -0.4 is 0 Å². The lowest BCUT2D eigenvalue weighted by atomic mass is 9.78. The standard InChI is InChI=1S/C25H26N2O2/c1-24(2,19-18-23(28)29)26-27-25(20-12-6-3-7-13-20,21-14-8-4-9-15-21)22-16-10-5-11-17-22/h3-17H,18-19H2,1-2H3,(H,28,29). The molecule has 29 heavy (non-hydrogen) atoms. The van der Waals surface area contributed by atoms with Crippen LogP contribution in [-0.4, -0.2) is 16.6 Å². The highest BCUT2D eigenvalue weighted by molar-refractivity contribution is 5.66. The van der Waals surface area contributed by atoms with Gasteiger partial charge in [0, 0.05) is 6.42 Å². The van der Waals surface area contributed by atoms with Crippen molar-refractivity contribution < 1.29 is 9.90 Å². The van der Waals surface area contributed by atoms with E-state index in [0.717, 1.165) is 16.7 Å². The van der Waals surface area contributed by atoms with Gasteiger partial charge < -0.3 is 5.11 Å². The third-order valence-electron chi connectivity index (χ3n) is 5.00. The van der Waals surface area contributed by atoms with E-state index in [-0.39, 0.29) is 6.42 Å². The van der Waals surface area contributed by atoms with Crippen molar-refractivity contribution in [2.45, 2.75) is 37.8 Å². The Hall–Kier alpha value is -3.27. The van der Waals surface area contributed by atoms with Gasteiger partial charge in [0.2, 0.25) is 0 Å². The summed E-state index contributed by atoms with van der Waals surface area (Å²) in [6.07, 6.45) is 0.474. The first-order chi connectivity index (χ1) is 13.9. The first kappa shape index (κ1) is 20.5. The predicted molar refractivity (Wildman–Crippen MR) is 115 cm³/mol. The first-order valence-electron chi connectivity index (χ1n) is 9.76. The van der Waals surface area contributed by atoms with E-state index in [9.17, 15) is 4.79 Å². The maximum atomic E-state index is 11.0. The quantitative estimate of drug-likeness (QED) is 0.377. The predicted octanol–water partition coefficient (Wildman–Crippen LogP) is 6.07. The van der Waals surface area contributed by atoms with E-state index in [1.165, 1.54) is 0 Å². The minimum atomic E-state index is -0.825. The Bertz CT molecular complexity index is 855. The SMILES string of the molecule is CC(C)(CCC(=O)O)N=NC(c1ccccc1)(c1ccccc1)c1ccccc1. The molecular formula is C25H26N2O2. The molecule has 0 radical (unpaired) electrons. The summed E-state index contributed by atoms with van der Waals surface area (Å²) < 4.78 is 0. The van der Waals surface area contributed by atoms with Crippen molar-refractivity contribution in [2.75, 3.05) is 0 Å². The minimum Gasteiger partial charge on any atom is -0.481 e. The molecule has 4 heteroatoms. The molecule has 1 N–H and O–H groups in total. The summed E-state index contributed by atoms with van der Waals surface area (Å²) in [6, 6.07) is 30.3. The number of carbonyl (C=O) groups is 1. The van der Waals surface area contributed by atoms with Crippen LogP contribution in [0.3, 0.4) is 0 Å². The van der Waals surface area contributed by atoms with Gasteiger partial charge >= 0.3 is 5.97 Å². The second kappa shape index (κ2) is 8.82. The maximum Gasteiger partial charge on any atom is 0.303 e. The lowest BCUT2D eigenvalue weighted by molar-refractivity contribution is -0.137. The molecule has 148 valence electrons. The average Bonchev–Trinajstić information content (AvgIpc) is 2.75. The summed E-state index contributed by atoms with van der Waals surface area (Å²) >= 11 is 0. The molecule has 0 atom stereocenters. The van der Waals surface area contributed by atoms with Crippen LogP contribution in [0.25, 0.3) is 0 Å². The van der Waals surface area contributed by atoms with Crippen LogP contribution in [-0.2, 0) is 10.3 Å². The normalized spacial score (nSPS) is 12.2. The zero-order valence-electron chi connectivity index (χ0n) is 16.8. The number of carboxylic acid groups (broad SMARTS) is 1. The Morgan fingerprint density at radius 1 is 0.724 bits per heavy atom. The van der Waals surface area contributed by atoms with Gasteiger partial charge in [-0.3, -0.25) is 4.79 Å². The van der Waals surface area contributed by atoms with Gasteiger partial charge in [0.15, 0.2) is 5.54 Å². The van der Waals surface area contributed by atoms with Crippen molar-refractivity contribution in [1.82, 2.24) is 0 Å². The topological polar surface area (TPSA) is 62.0 Å². The molecule has 3 aromatic carbocycles. The molecule has 0 saturated heterocycles. The number of hydrogen-bond acceptors (Lipinski definition) is 3. The summed E-state index contributed by atoms with van der Waals surface area (Å²) in [5, 5.41) is 18.7. The highest BCUT2D eigenvalue weighted by Gasteiger charge is 2.37. The highest BCUT2D eigenvalue weighted by atomic mass is 16.4. The summed E-state index contributed by atoms with van der Waals surface area (Å²) in [7, 11) is 0. The molecule has 0 aromatic heterocycles. The molecule has 0 aliphatic heterocycles. The zero-order chi connectivity index (χ0) is 20.7. The Labute approximate surface area is 172 Å². The molecule has 0 unspecified atom stereocenters. The van der Waals surface area contributed by atoms with Gasteiger partial charge in [-0.15, -0.1) is 0 Å². The van der Waals surface area contributed by atoms with Gasteiger partial charge in [-0.2, -0.15) is 10.2 Å². The van der Waals surface area contributed by atoms with Crippen LogP contribution >= 0.6 is 0 Å². The van der Waals surface area contributed by atoms with E-state index in [4.69, 9.17) is 15.3 Å². The van der Waals surface area contributed by atoms with Crippen LogP contribution in [0, 0.1) is 0 Å². The molecule has 3 rings (SSSR count). The van der Waals surface area contributed by atoms with Crippen LogP contribution in [0.15, 0.2) is 101 Å². The monoisotopic (exact) mass is 386 g/mol. The molecule has 4 nitrogen and oxygen atoms in total. The van der Waals surface area contributed by atoms with Gasteiger partial charge in [-0.05, 0) is 37.0 Å². The number of benzene rings is 3. The number of azo groups is 1. The fourth-order valence-corrected chi connectivity index (χ4v) is 3.38. The maximum absolute atomic E-state index is 11.0. The third kappa shape index (κ3) is 4.77. The van der Waals surface area contributed by atoms with Gasteiger partial charge in [0.1, 0.15) is 0 Å². The number of carboxylic acids is 1. The molecule has 0 aliphatic rings. The molecule has 3 aromatic rings. The minimum absolute atomic E-state index is 0.0566. The average molecular weight is 386 g/mol. The number of nitrogens with zero attached hydrogens (tertiary/aromatic N) is 2. The second-order valence-corrected chi connectivity index (χ2v) is 7.71. The molecule has 0 spiro atoms. The lowest BCUT2D eigenvalue weighted by Gasteiger charge is -2.32. The third-order valence-corrected chi connectivity index (χ3v) is 5.00.